The Morgan fingerprint density at radius 1 is 1.21 bits per heavy atom. The molecule has 29 heavy (non-hydrogen) atoms. The first-order chi connectivity index (χ1) is 14.1. The Balaban J connectivity index is 1.54. The first-order valence-corrected chi connectivity index (χ1v) is 10.4. The van der Waals surface area contributed by atoms with Gasteiger partial charge in [-0.05, 0) is 67.6 Å². The normalized spacial score (nSPS) is 16.6. The molecular weight excluding hydrogens is 382 g/mol. The maximum absolute atomic E-state index is 12.8. The second kappa shape index (κ2) is 8.75. The van der Waals surface area contributed by atoms with Crippen LogP contribution in [0.5, 0.6) is 0 Å². The smallest absolute Gasteiger partial charge is 0.255 e. The lowest BCUT2D eigenvalue weighted by atomic mass is 9.92. The van der Waals surface area contributed by atoms with E-state index in [1.54, 1.807) is 18.5 Å². The van der Waals surface area contributed by atoms with Gasteiger partial charge in [-0.2, -0.15) is 0 Å². The van der Waals surface area contributed by atoms with E-state index < -0.39 is 0 Å². The minimum absolute atomic E-state index is 0.0479. The number of hydrogen-bond acceptors (Lipinski definition) is 3. The van der Waals surface area contributed by atoms with Crippen LogP contribution in [0.2, 0.25) is 5.02 Å². The Morgan fingerprint density at radius 2 is 2.07 bits per heavy atom. The summed E-state index contributed by atoms with van der Waals surface area (Å²) in [7, 11) is 0. The van der Waals surface area contributed by atoms with Gasteiger partial charge in [0.25, 0.3) is 5.91 Å². The number of hydrogen-bond donors (Lipinski definition) is 0. The highest BCUT2D eigenvalue weighted by Crippen LogP contribution is 2.28. The van der Waals surface area contributed by atoms with Crippen molar-refractivity contribution >= 4 is 17.5 Å². The molecule has 0 N–H and O–H groups in total. The Bertz CT molecular complexity index is 1010. The van der Waals surface area contributed by atoms with Gasteiger partial charge in [-0.25, -0.2) is 0 Å². The monoisotopic (exact) mass is 405 g/mol. The number of pyridine rings is 2. The largest absolute Gasteiger partial charge is 0.338 e. The molecule has 4 nitrogen and oxygen atoms in total. The second-order valence-corrected chi connectivity index (χ2v) is 8.05. The highest BCUT2D eigenvalue weighted by atomic mass is 35.5. The summed E-state index contributed by atoms with van der Waals surface area (Å²) < 4.78 is 0. The predicted molar refractivity (Wildman–Crippen MR) is 115 cm³/mol. The third-order valence-corrected chi connectivity index (χ3v) is 5.79. The van der Waals surface area contributed by atoms with Crippen molar-refractivity contribution in [3.8, 4) is 0 Å². The van der Waals surface area contributed by atoms with E-state index in [0.29, 0.717) is 12.1 Å². The number of piperidine rings is 1. The van der Waals surface area contributed by atoms with Crippen LogP contribution in [0.15, 0.2) is 60.9 Å². The zero-order valence-corrected chi connectivity index (χ0v) is 17.3. The molecule has 2 aromatic heterocycles. The number of aromatic nitrogens is 2. The highest BCUT2D eigenvalue weighted by Gasteiger charge is 2.26. The summed E-state index contributed by atoms with van der Waals surface area (Å²) in [5.74, 6) is 0.293. The zero-order chi connectivity index (χ0) is 20.2. The number of benzene rings is 1. The molecule has 1 amide bonds. The van der Waals surface area contributed by atoms with E-state index in [1.807, 2.05) is 36.1 Å². The fraction of sp³-hybridized carbons (Fsp3) is 0.292. The van der Waals surface area contributed by atoms with Gasteiger partial charge in [0.1, 0.15) is 0 Å². The third kappa shape index (κ3) is 4.65. The Morgan fingerprint density at radius 3 is 2.86 bits per heavy atom. The standard InChI is InChI=1S/C24H24ClN3O/c1-17-12-18(13-19-6-2-3-9-22(19)25)14-23(27-17)21-8-5-11-28(16-21)24(29)20-7-4-10-26-15-20/h2-4,6-7,9-10,12,14-15,21H,5,8,11,13,16H2,1H3/t21-/m1/s1. The number of amides is 1. The average Bonchev–Trinajstić information content (AvgIpc) is 2.75. The summed E-state index contributed by atoms with van der Waals surface area (Å²) in [5, 5.41) is 0.787. The minimum atomic E-state index is 0.0479. The van der Waals surface area contributed by atoms with Crippen molar-refractivity contribution in [1.29, 1.82) is 0 Å². The van der Waals surface area contributed by atoms with Gasteiger partial charge < -0.3 is 4.90 Å². The Kier molecular flexibility index (Phi) is 5.91. The molecule has 4 rings (SSSR count). The number of halogens is 1. The predicted octanol–water partition coefficient (Wildman–Crippen LogP) is 5.05. The van der Waals surface area contributed by atoms with Crippen LogP contribution in [0.25, 0.3) is 0 Å². The lowest BCUT2D eigenvalue weighted by Gasteiger charge is -2.32. The van der Waals surface area contributed by atoms with E-state index in [-0.39, 0.29) is 11.8 Å². The molecule has 148 valence electrons. The van der Waals surface area contributed by atoms with Gasteiger partial charge >= 0.3 is 0 Å². The van der Waals surface area contributed by atoms with Gasteiger partial charge in [0.05, 0.1) is 5.56 Å². The van der Waals surface area contributed by atoms with Crippen LogP contribution in [0.4, 0.5) is 0 Å². The molecule has 5 heteroatoms. The number of aryl methyl sites for hydroxylation is 1. The van der Waals surface area contributed by atoms with Gasteiger partial charge in [0.15, 0.2) is 0 Å². The second-order valence-electron chi connectivity index (χ2n) is 7.64. The first kappa shape index (κ1) is 19.6. The van der Waals surface area contributed by atoms with Crippen LogP contribution in [0.3, 0.4) is 0 Å². The summed E-state index contributed by atoms with van der Waals surface area (Å²) in [6.45, 7) is 3.50. The van der Waals surface area contributed by atoms with Crippen LogP contribution in [0, 0.1) is 6.92 Å². The molecule has 0 unspecified atom stereocenters. The molecule has 0 radical (unpaired) electrons. The molecular formula is C24H24ClN3O. The molecule has 1 aliphatic rings. The van der Waals surface area contributed by atoms with Crippen molar-refractivity contribution in [1.82, 2.24) is 14.9 Å². The van der Waals surface area contributed by atoms with E-state index in [4.69, 9.17) is 16.6 Å². The minimum Gasteiger partial charge on any atom is -0.338 e. The fourth-order valence-corrected chi connectivity index (χ4v) is 4.22. The van der Waals surface area contributed by atoms with Crippen LogP contribution in [-0.4, -0.2) is 33.9 Å². The van der Waals surface area contributed by atoms with Crippen molar-refractivity contribution < 1.29 is 4.79 Å². The molecule has 1 fully saturated rings. The van der Waals surface area contributed by atoms with E-state index in [0.717, 1.165) is 47.8 Å². The number of rotatable bonds is 4. The van der Waals surface area contributed by atoms with Crippen LogP contribution >= 0.6 is 11.6 Å². The number of carbonyl (C=O) groups excluding carboxylic acids is 1. The quantitative estimate of drug-likeness (QED) is 0.610. The third-order valence-electron chi connectivity index (χ3n) is 5.42. The molecule has 1 aliphatic heterocycles. The summed E-state index contributed by atoms with van der Waals surface area (Å²) in [6, 6.07) is 15.9. The highest BCUT2D eigenvalue weighted by molar-refractivity contribution is 6.31. The van der Waals surface area contributed by atoms with Gasteiger partial charge in [-0.1, -0.05) is 29.8 Å². The Hall–Kier alpha value is -2.72. The maximum Gasteiger partial charge on any atom is 0.255 e. The van der Waals surface area contributed by atoms with Gasteiger partial charge in [0, 0.05) is 47.8 Å². The van der Waals surface area contributed by atoms with E-state index in [1.165, 1.54) is 5.56 Å². The molecule has 3 aromatic rings. The fourth-order valence-electron chi connectivity index (χ4n) is 4.02. The molecule has 0 bridgehead atoms. The summed E-state index contributed by atoms with van der Waals surface area (Å²) in [6.07, 6.45) is 6.12. The summed E-state index contributed by atoms with van der Waals surface area (Å²) in [4.78, 5) is 23.7. The molecule has 0 spiro atoms. The number of nitrogens with zero attached hydrogens (tertiary/aromatic N) is 3. The maximum atomic E-state index is 12.8. The topological polar surface area (TPSA) is 46.1 Å². The van der Waals surface area contributed by atoms with E-state index >= 15 is 0 Å². The molecule has 1 atom stereocenters. The molecule has 3 heterocycles. The Labute approximate surface area is 176 Å². The summed E-state index contributed by atoms with van der Waals surface area (Å²) >= 11 is 6.35. The van der Waals surface area contributed by atoms with Gasteiger partial charge in [-0.15, -0.1) is 0 Å². The van der Waals surface area contributed by atoms with E-state index in [9.17, 15) is 4.79 Å². The average molecular weight is 406 g/mol. The first-order valence-electron chi connectivity index (χ1n) is 10.0. The number of likely N-dealkylation sites (tertiary alicyclic amines) is 1. The van der Waals surface area contributed by atoms with Gasteiger partial charge in [0.2, 0.25) is 0 Å². The lowest BCUT2D eigenvalue weighted by molar-refractivity contribution is 0.0705. The van der Waals surface area contributed by atoms with Crippen molar-refractivity contribution in [2.24, 2.45) is 0 Å². The van der Waals surface area contributed by atoms with Crippen LogP contribution in [-0.2, 0) is 6.42 Å². The van der Waals surface area contributed by atoms with Crippen molar-refractivity contribution in [3.05, 3.63) is 94.0 Å². The summed E-state index contributed by atoms with van der Waals surface area (Å²) in [5.41, 5.74) is 5.03. The van der Waals surface area contributed by atoms with Crippen molar-refractivity contribution in [3.63, 3.8) is 0 Å². The van der Waals surface area contributed by atoms with E-state index in [2.05, 4.69) is 23.2 Å². The molecule has 1 aromatic carbocycles. The van der Waals surface area contributed by atoms with Crippen molar-refractivity contribution in [2.75, 3.05) is 13.1 Å². The van der Waals surface area contributed by atoms with Gasteiger partial charge in [-0.3, -0.25) is 14.8 Å². The molecule has 0 saturated carbocycles. The van der Waals surface area contributed by atoms with Crippen LogP contribution < -0.4 is 0 Å². The molecule has 0 aliphatic carbocycles. The number of carbonyl (C=O) groups is 1. The lowest BCUT2D eigenvalue weighted by Crippen LogP contribution is -2.39. The van der Waals surface area contributed by atoms with Crippen LogP contribution in [0.1, 0.15) is 51.6 Å². The SMILES string of the molecule is Cc1cc(Cc2ccccc2Cl)cc([C@@H]2CCCN(C(=O)c3cccnc3)C2)n1. The molecule has 1 saturated heterocycles. The van der Waals surface area contributed by atoms with Crippen molar-refractivity contribution in [2.45, 2.75) is 32.1 Å². The zero-order valence-electron chi connectivity index (χ0n) is 16.5.